The second-order valence-corrected chi connectivity index (χ2v) is 4.27. The Balaban J connectivity index is 2.64. The highest BCUT2D eigenvalue weighted by Gasteiger charge is 2.13. The van der Waals surface area contributed by atoms with Gasteiger partial charge in [0.2, 0.25) is 0 Å². The topological polar surface area (TPSA) is 17.1 Å². The van der Waals surface area contributed by atoms with Crippen molar-refractivity contribution in [2.75, 3.05) is 0 Å². The zero-order chi connectivity index (χ0) is 10.6. The minimum absolute atomic E-state index is 0.0422. The van der Waals surface area contributed by atoms with Gasteiger partial charge in [0.15, 0.2) is 5.78 Å². The van der Waals surface area contributed by atoms with Crippen LogP contribution in [0.4, 0.5) is 0 Å². The zero-order valence-electron chi connectivity index (χ0n) is 7.87. The molecule has 3 heteroatoms. The molecular formula is C11H11ClOS. The maximum Gasteiger partial charge on any atom is 0.163 e. The van der Waals surface area contributed by atoms with Crippen LogP contribution in [-0.4, -0.2) is 10.1 Å². The van der Waals surface area contributed by atoms with E-state index >= 15 is 0 Å². The van der Waals surface area contributed by atoms with Crippen LogP contribution in [0.5, 0.6) is 0 Å². The highest BCUT2D eigenvalue weighted by atomic mass is 35.5. The van der Waals surface area contributed by atoms with E-state index in [4.69, 9.17) is 23.8 Å². The Kier molecular flexibility index (Phi) is 4.23. The van der Waals surface area contributed by atoms with Crippen molar-refractivity contribution in [1.29, 1.82) is 0 Å². The fourth-order valence-electron chi connectivity index (χ4n) is 1.10. The molecule has 0 aromatic heterocycles. The van der Waals surface area contributed by atoms with Crippen molar-refractivity contribution in [3.63, 3.8) is 0 Å². The van der Waals surface area contributed by atoms with Crippen molar-refractivity contribution in [2.45, 2.75) is 13.3 Å². The number of hydrogen-bond donors (Lipinski definition) is 0. The molecule has 0 aliphatic rings. The third-order valence-electron chi connectivity index (χ3n) is 1.97. The van der Waals surface area contributed by atoms with E-state index in [9.17, 15) is 4.79 Å². The summed E-state index contributed by atoms with van der Waals surface area (Å²) in [5.74, 6) is 0.0421. The second-order valence-electron chi connectivity index (χ2n) is 3.20. The van der Waals surface area contributed by atoms with Gasteiger partial charge in [0, 0.05) is 17.9 Å². The van der Waals surface area contributed by atoms with Gasteiger partial charge in [-0.25, -0.2) is 0 Å². The van der Waals surface area contributed by atoms with Crippen LogP contribution >= 0.6 is 23.8 Å². The number of rotatable bonds is 4. The van der Waals surface area contributed by atoms with Crippen molar-refractivity contribution >= 4 is 33.9 Å². The summed E-state index contributed by atoms with van der Waals surface area (Å²) in [7, 11) is 0. The van der Waals surface area contributed by atoms with E-state index in [1.807, 2.05) is 25.1 Å². The van der Waals surface area contributed by atoms with Crippen LogP contribution in [0, 0.1) is 5.92 Å². The Hall–Kier alpha value is -0.730. The fourth-order valence-corrected chi connectivity index (χ4v) is 1.26. The molecule has 0 heterocycles. The molecule has 0 radical (unpaired) electrons. The smallest absolute Gasteiger partial charge is 0.163 e. The summed E-state index contributed by atoms with van der Waals surface area (Å²) in [5, 5.41) is 0. The molecule has 1 rings (SSSR count). The van der Waals surface area contributed by atoms with Crippen molar-refractivity contribution < 1.29 is 4.79 Å². The van der Waals surface area contributed by atoms with Crippen LogP contribution in [0.3, 0.4) is 0 Å². The SMILES string of the molecule is C[C@H](CC(=O)c1ccccc1)C(=S)Cl. The van der Waals surface area contributed by atoms with E-state index in [-0.39, 0.29) is 11.7 Å². The number of thiocarbonyl (C=S) groups is 1. The molecule has 0 aliphatic carbocycles. The van der Waals surface area contributed by atoms with Gasteiger partial charge in [0.05, 0.1) is 4.32 Å². The number of halogens is 1. The van der Waals surface area contributed by atoms with Crippen molar-refractivity contribution in [3.05, 3.63) is 35.9 Å². The van der Waals surface area contributed by atoms with E-state index in [1.54, 1.807) is 12.1 Å². The number of Topliss-reactive ketones (excluding diaryl/α,β-unsaturated/α-hetero) is 1. The number of carbonyl (C=O) groups is 1. The lowest BCUT2D eigenvalue weighted by atomic mass is 10.0. The normalized spacial score (nSPS) is 12.1. The van der Waals surface area contributed by atoms with Gasteiger partial charge < -0.3 is 0 Å². The lowest BCUT2D eigenvalue weighted by Gasteiger charge is -2.06. The van der Waals surface area contributed by atoms with Gasteiger partial charge in [-0.1, -0.05) is 61.1 Å². The summed E-state index contributed by atoms with van der Waals surface area (Å²) in [6.07, 6.45) is 0.381. The average Bonchev–Trinajstić information content (AvgIpc) is 2.19. The Morgan fingerprint density at radius 1 is 1.43 bits per heavy atom. The first kappa shape index (κ1) is 11.3. The van der Waals surface area contributed by atoms with Gasteiger partial charge in [-0.3, -0.25) is 4.79 Å². The van der Waals surface area contributed by atoms with E-state index in [1.165, 1.54) is 0 Å². The Morgan fingerprint density at radius 2 is 2.00 bits per heavy atom. The largest absolute Gasteiger partial charge is 0.294 e. The summed E-state index contributed by atoms with van der Waals surface area (Å²) < 4.78 is 0.370. The third kappa shape index (κ3) is 3.20. The first-order chi connectivity index (χ1) is 6.61. The Bertz CT molecular complexity index is 334. The summed E-state index contributed by atoms with van der Waals surface area (Å²) in [5.41, 5.74) is 0.715. The first-order valence-corrected chi connectivity index (χ1v) is 5.17. The molecule has 1 aromatic rings. The van der Waals surface area contributed by atoms with Crippen LogP contribution in [-0.2, 0) is 0 Å². The van der Waals surface area contributed by atoms with Gasteiger partial charge in [-0.15, -0.1) is 0 Å². The van der Waals surface area contributed by atoms with Crippen molar-refractivity contribution in [2.24, 2.45) is 5.92 Å². The maximum atomic E-state index is 11.6. The Labute approximate surface area is 94.1 Å². The van der Waals surface area contributed by atoms with E-state index in [0.29, 0.717) is 16.3 Å². The molecule has 0 saturated carbocycles. The van der Waals surface area contributed by atoms with Gasteiger partial charge in [-0.05, 0) is 0 Å². The number of ketones is 1. The van der Waals surface area contributed by atoms with Gasteiger partial charge in [0.25, 0.3) is 0 Å². The molecule has 74 valence electrons. The molecule has 0 amide bonds. The quantitative estimate of drug-likeness (QED) is 0.444. The lowest BCUT2D eigenvalue weighted by molar-refractivity contribution is 0.0975. The van der Waals surface area contributed by atoms with Gasteiger partial charge in [-0.2, -0.15) is 0 Å². The molecule has 1 nitrogen and oxygen atoms in total. The summed E-state index contributed by atoms with van der Waals surface area (Å²) in [6.45, 7) is 1.86. The van der Waals surface area contributed by atoms with Crippen LogP contribution in [0.2, 0.25) is 0 Å². The van der Waals surface area contributed by atoms with E-state index < -0.39 is 0 Å². The minimum atomic E-state index is -0.0422. The predicted octanol–water partition coefficient (Wildman–Crippen LogP) is 3.46. The van der Waals surface area contributed by atoms with E-state index in [2.05, 4.69) is 0 Å². The molecule has 0 bridgehead atoms. The van der Waals surface area contributed by atoms with E-state index in [0.717, 1.165) is 0 Å². The number of benzene rings is 1. The number of hydrogen-bond acceptors (Lipinski definition) is 2. The summed E-state index contributed by atoms with van der Waals surface area (Å²) >= 11 is 10.4. The highest BCUT2D eigenvalue weighted by molar-refractivity contribution is 7.83. The molecule has 1 atom stereocenters. The predicted molar refractivity (Wildman–Crippen MR) is 63.0 cm³/mol. The van der Waals surface area contributed by atoms with Gasteiger partial charge in [0.1, 0.15) is 0 Å². The summed E-state index contributed by atoms with van der Waals surface area (Å²) in [4.78, 5) is 11.6. The summed E-state index contributed by atoms with van der Waals surface area (Å²) in [6, 6.07) is 9.17. The number of carbonyl (C=O) groups excluding carboxylic acids is 1. The molecule has 0 saturated heterocycles. The standard InChI is InChI=1S/C11H11ClOS/c1-8(11(12)14)7-10(13)9-5-3-2-4-6-9/h2-6,8H,7H2,1H3/t8-/m1/s1. The minimum Gasteiger partial charge on any atom is -0.294 e. The van der Waals surface area contributed by atoms with Crippen LogP contribution in [0.25, 0.3) is 0 Å². The first-order valence-electron chi connectivity index (χ1n) is 4.39. The monoisotopic (exact) mass is 226 g/mol. The molecule has 0 aliphatic heterocycles. The fraction of sp³-hybridized carbons (Fsp3) is 0.273. The molecule has 1 aromatic carbocycles. The van der Waals surface area contributed by atoms with Crippen LogP contribution in [0.1, 0.15) is 23.7 Å². The van der Waals surface area contributed by atoms with Crippen LogP contribution in [0.15, 0.2) is 30.3 Å². The third-order valence-corrected chi connectivity index (χ3v) is 2.75. The highest BCUT2D eigenvalue weighted by Crippen LogP contribution is 2.13. The zero-order valence-corrected chi connectivity index (χ0v) is 9.44. The molecule has 0 unspecified atom stereocenters. The molecule has 14 heavy (non-hydrogen) atoms. The molecular weight excluding hydrogens is 216 g/mol. The second kappa shape index (κ2) is 5.23. The van der Waals surface area contributed by atoms with Crippen LogP contribution < -0.4 is 0 Å². The maximum absolute atomic E-state index is 11.6. The molecule has 0 fully saturated rings. The lowest BCUT2D eigenvalue weighted by Crippen LogP contribution is -2.09. The molecule has 0 N–H and O–H groups in total. The Morgan fingerprint density at radius 3 is 2.50 bits per heavy atom. The molecule has 0 spiro atoms. The van der Waals surface area contributed by atoms with Crippen molar-refractivity contribution in [3.8, 4) is 0 Å². The van der Waals surface area contributed by atoms with Crippen molar-refractivity contribution in [1.82, 2.24) is 0 Å². The average molecular weight is 227 g/mol. The van der Waals surface area contributed by atoms with Gasteiger partial charge >= 0.3 is 0 Å².